The first-order valence-electron chi connectivity index (χ1n) is 7.64. The summed E-state index contributed by atoms with van der Waals surface area (Å²) in [6.45, 7) is 4.25. The molecule has 2 aliphatic carbocycles. The topological polar surface area (TPSA) is 21.3 Å². The summed E-state index contributed by atoms with van der Waals surface area (Å²) in [5.41, 5.74) is 0.705. The van der Waals surface area contributed by atoms with Crippen LogP contribution in [0.1, 0.15) is 58.3 Å². The lowest BCUT2D eigenvalue weighted by molar-refractivity contribution is -0.0146. The molecule has 1 N–H and O–H groups in total. The van der Waals surface area contributed by atoms with E-state index in [-0.39, 0.29) is 0 Å². The van der Waals surface area contributed by atoms with Gasteiger partial charge < -0.3 is 10.1 Å². The van der Waals surface area contributed by atoms with E-state index in [0.717, 1.165) is 19.3 Å². The lowest BCUT2D eigenvalue weighted by Crippen LogP contribution is -2.59. The molecule has 1 saturated heterocycles. The molecule has 2 nitrogen and oxygen atoms in total. The molecule has 0 amide bonds. The zero-order chi connectivity index (χ0) is 11.7. The molecule has 17 heavy (non-hydrogen) atoms. The molecule has 3 atom stereocenters. The highest BCUT2D eigenvalue weighted by Crippen LogP contribution is 2.52. The first-order valence-corrected chi connectivity index (χ1v) is 7.64. The summed E-state index contributed by atoms with van der Waals surface area (Å²) >= 11 is 0. The zero-order valence-corrected chi connectivity index (χ0v) is 11.2. The van der Waals surface area contributed by atoms with Crippen LogP contribution in [0.3, 0.4) is 0 Å². The van der Waals surface area contributed by atoms with Gasteiger partial charge in [-0.25, -0.2) is 0 Å². The summed E-state index contributed by atoms with van der Waals surface area (Å²) in [6.07, 6.45) is 11.5. The molecular formula is C15H27NO. The van der Waals surface area contributed by atoms with E-state index in [1.807, 2.05) is 0 Å². The van der Waals surface area contributed by atoms with Gasteiger partial charge in [0.05, 0.1) is 6.61 Å². The number of nitrogens with one attached hydrogen (secondary N) is 1. The molecule has 3 aliphatic rings. The van der Waals surface area contributed by atoms with Gasteiger partial charge in [0.15, 0.2) is 0 Å². The smallest absolute Gasteiger partial charge is 0.0506 e. The van der Waals surface area contributed by atoms with Crippen LogP contribution in [-0.4, -0.2) is 25.3 Å². The van der Waals surface area contributed by atoms with Crippen LogP contribution in [0.5, 0.6) is 0 Å². The van der Waals surface area contributed by atoms with Gasteiger partial charge in [-0.15, -0.1) is 0 Å². The maximum Gasteiger partial charge on any atom is 0.0506 e. The van der Waals surface area contributed by atoms with E-state index in [0.29, 0.717) is 17.4 Å². The second-order valence-electron chi connectivity index (χ2n) is 6.63. The van der Waals surface area contributed by atoms with E-state index in [1.165, 1.54) is 51.4 Å². The van der Waals surface area contributed by atoms with E-state index in [4.69, 9.17) is 4.74 Å². The van der Waals surface area contributed by atoms with Crippen LogP contribution in [0.25, 0.3) is 0 Å². The predicted molar refractivity (Wildman–Crippen MR) is 70.1 cm³/mol. The molecule has 3 unspecified atom stereocenters. The fourth-order valence-electron chi connectivity index (χ4n) is 4.20. The number of ether oxygens (including phenoxy) is 1. The molecule has 1 aliphatic heterocycles. The van der Waals surface area contributed by atoms with Crippen LogP contribution < -0.4 is 5.32 Å². The van der Waals surface area contributed by atoms with Crippen molar-refractivity contribution in [3.05, 3.63) is 0 Å². The van der Waals surface area contributed by atoms with Crippen molar-refractivity contribution in [1.82, 2.24) is 5.32 Å². The molecular weight excluding hydrogens is 210 g/mol. The maximum absolute atomic E-state index is 5.54. The number of hydrogen-bond acceptors (Lipinski definition) is 2. The van der Waals surface area contributed by atoms with Crippen LogP contribution in [0.2, 0.25) is 0 Å². The molecule has 0 radical (unpaired) electrons. The first-order chi connectivity index (χ1) is 8.30. The molecule has 0 aromatic carbocycles. The van der Waals surface area contributed by atoms with Crippen LogP contribution in [0.4, 0.5) is 0 Å². The van der Waals surface area contributed by atoms with E-state index in [2.05, 4.69) is 12.2 Å². The number of hydrogen-bond donors (Lipinski definition) is 1. The largest absolute Gasteiger partial charge is 0.381 e. The minimum Gasteiger partial charge on any atom is -0.381 e. The Kier molecular flexibility index (Phi) is 3.45. The van der Waals surface area contributed by atoms with Crippen LogP contribution in [0, 0.1) is 11.3 Å². The highest BCUT2D eigenvalue weighted by molar-refractivity contribution is 5.03. The first kappa shape index (κ1) is 12.0. The molecule has 98 valence electrons. The Balaban J connectivity index is 1.57. The lowest BCUT2D eigenvalue weighted by atomic mass is 9.57. The highest BCUT2D eigenvalue weighted by atomic mass is 16.5. The molecule has 0 aromatic heterocycles. The van der Waals surface area contributed by atoms with Gasteiger partial charge in [0, 0.05) is 18.7 Å². The van der Waals surface area contributed by atoms with Crippen LogP contribution >= 0.6 is 0 Å². The Morgan fingerprint density at radius 1 is 1.06 bits per heavy atom. The highest BCUT2D eigenvalue weighted by Gasteiger charge is 2.47. The van der Waals surface area contributed by atoms with Crippen molar-refractivity contribution in [3.8, 4) is 0 Å². The van der Waals surface area contributed by atoms with Crippen LogP contribution in [-0.2, 0) is 4.74 Å². The summed E-state index contributed by atoms with van der Waals surface area (Å²) in [5.74, 6) is 0.699. The van der Waals surface area contributed by atoms with Crippen molar-refractivity contribution in [3.63, 3.8) is 0 Å². The van der Waals surface area contributed by atoms with Gasteiger partial charge >= 0.3 is 0 Å². The Labute approximate surface area is 105 Å². The Morgan fingerprint density at radius 2 is 1.88 bits per heavy atom. The van der Waals surface area contributed by atoms with Gasteiger partial charge in [0.2, 0.25) is 0 Å². The van der Waals surface area contributed by atoms with Gasteiger partial charge in [0.1, 0.15) is 0 Å². The minimum atomic E-state index is 0.699. The van der Waals surface area contributed by atoms with Gasteiger partial charge in [-0.05, 0) is 43.4 Å². The van der Waals surface area contributed by atoms with E-state index >= 15 is 0 Å². The standard InChI is InChI=1S/C15H27NO/c1-12-11-17-10-6-13(12)16-14-5-9-15(14)7-3-2-4-8-15/h12-14,16H,2-11H2,1H3. The third kappa shape index (κ3) is 2.26. The molecule has 3 fully saturated rings. The summed E-state index contributed by atoms with van der Waals surface area (Å²) in [7, 11) is 0. The van der Waals surface area contributed by atoms with E-state index in [1.54, 1.807) is 0 Å². The molecule has 1 heterocycles. The summed E-state index contributed by atoms with van der Waals surface area (Å²) in [5, 5.41) is 3.99. The fraction of sp³-hybridized carbons (Fsp3) is 1.00. The van der Waals surface area contributed by atoms with Gasteiger partial charge in [-0.1, -0.05) is 26.2 Å². The Hall–Kier alpha value is -0.0800. The SMILES string of the molecule is CC1COCCC1NC1CCC12CCCCC2. The van der Waals surface area contributed by atoms with Crippen LogP contribution in [0.15, 0.2) is 0 Å². The average Bonchev–Trinajstić information content (AvgIpc) is 2.37. The Bertz CT molecular complexity index is 260. The second kappa shape index (κ2) is 4.89. The molecule has 1 spiro atoms. The van der Waals surface area contributed by atoms with Crippen molar-refractivity contribution in [2.24, 2.45) is 11.3 Å². The van der Waals surface area contributed by atoms with Crippen molar-refractivity contribution in [1.29, 1.82) is 0 Å². The maximum atomic E-state index is 5.54. The Morgan fingerprint density at radius 3 is 2.53 bits per heavy atom. The molecule has 2 heteroatoms. The monoisotopic (exact) mass is 237 g/mol. The van der Waals surface area contributed by atoms with Gasteiger partial charge in [-0.3, -0.25) is 0 Å². The third-order valence-corrected chi connectivity index (χ3v) is 5.58. The summed E-state index contributed by atoms with van der Waals surface area (Å²) < 4.78 is 5.54. The van der Waals surface area contributed by atoms with E-state index in [9.17, 15) is 0 Å². The van der Waals surface area contributed by atoms with Gasteiger partial charge in [-0.2, -0.15) is 0 Å². The quantitative estimate of drug-likeness (QED) is 0.797. The van der Waals surface area contributed by atoms with Crippen molar-refractivity contribution >= 4 is 0 Å². The minimum absolute atomic E-state index is 0.699. The zero-order valence-electron chi connectivity index (χ0n) is 11.2. The molecule has 0 aromatic rings. The predicted octanol–water partition coefficient (Wildman–Crippen LogP) is 3.11. The summed E-state index contributed by atoms with van der Waals surface area (Å²) in [4.78, 5) is 0. The molecule has 2 saturated carbocycles. The molecule has 3 rings (SSSR count). The van der Waals surface area contributed by atoms with Gasteiger partial charge in [0.25, 0.3) is 0 Å². The number of rotatable bonds is 2. The second-order valence-corrected chi connectivity index (χ2v) is 6.63. The van der Waals surface area contributed by atoms with Crippen molar-refractivity contribution < 1.29 is 4.74 Å². The van der Waals surface area contributed by atoms with E-state index < -0.39 is 0 Å². The summed E-state index contributed by atoms with van der Waals surface area (Å²) in [6, 6.07) is 1.54. The average molecular weight is 237 g/mol. The lowest BCUT2D eigenvalue weighted by Gasteiger charge is -2.54. The fourth-order valence-corrected chi connectivity index (χ4v) is 4.20. The van der Waals surface area contributed by atoms with Crippen molar-refractivity contribution in [2.75, 3.05) is 13.2 Å². The van der Waals surface area contributed by atoms with Crippen molar-refractivity contribution in [2.45, 2.75) is 70.4 Å². The third-order valence-electron chi connectivity index (χ3n) is 5.58. The molecule has 0 bridgehead atoms. The normalized spacial score (nSPS) is 41.1.